The minimum atomic E-state index is -0.706. The number of anilines is 1. The summed E-state index contributed by atoms with van der Waals surface area (Å²) in [6.07, 6.45) is 3.32. The number of carbonyl (C=O) groups is 1. The normalized spacial score (nSPS) is 26.6. The fourth-order valence-corrected chi connectivity index (χ4v) is 3.05. The van der Waals surface area contributed by atoms with Gasteiger partial charge in [0.15, 0.2) is 0 Å². The Balaban J connectivity index is 1.73. The van der Waals surface area contributed by atoms with Gasteiger partial charge in [0.25, 0.3) is 0 Å². The number of pyridine rings is 1. The second-order valence-electron chi connectivity index (χ2n) is 7.17. The molecule has 1 amide bonds. The summed E-state index contributed by atoms with van der Waals surface area (Å²) in [5.74, 6) is 1.91. The topological polar surface area (TPSA) is 71.9 Å². The lowest BCUT2D eigenvalue weighted by atomic mass is 9.76. The highest BCUT2D eigenvalue weighted by atomic mass is 16.6. The molecule has 0 bridgehead atoms. The second-order valence-corrected chi connectivity index (χ2v) is 7.17. The molecule has 23 heavy (non-hydrogen) atoms. The maximum Gasteiger partial charge on any atom is 0.416 e. The molecule has 1 N–H and O–H groups in total. The minimum Gasteiger partial charge on any atom is -0.492 e. The third kappa shape index (κ3) is 3.42. The predicted octanol–water partition coefficient (Wildman–Crippen LogP) is 2.88. The Morgan fingerprint density at radius 1 is 1.52 bits per heavy atom. The molecule has 1 aliphatic carbocycles. The summed E-state index contributed by atoms with van der Waals surface area (Å²) in [6, 6.07) is 1.83. The minimum absolute atomic E-state index is 0.0586. The average Bonchev–Trinajstić information content (AvgIpc) is 2.44. The van der Waals surface area contributed by atoms with Crippen molar-refractivity contribution in [3.05, 3.63) is 17.8 Å². The van der Waals surface area contributed by atoms with Crippen molar-refractivity contribution in [1.29, 1.82) is 0 Å². The van der Waals surface area contributed by atoms with Crippen LogP contribution in [-0.4, -0.2) is 34.4 Å². The number of aliphatic hydroxyl groups is 1. The lowest BCUT2D eigenvalue weighted by Crippen LogP contribution is -2.57. The van der Waals surface area contributed by atoms with Crippen molar-refractivity contribution in [2.45, 2.75) is 58.3 Å². The molecule has 3 rings (SSSR count). The predicted molar refractivity (Wildman–Crippen MR) is 85.5 cm³/mol. The van der Waals surface area contributed by atoms with Crippen LogP contribution in [0, 0.1) is 5.92 Å². The first kappa shape index (κ1) is 16.1. The van der Waals surface area contributed by atoms with E-state index in [9.17, 15) is 9.90 Å². The number of fused-ring (bicyclic) bond motifs is 1. The van der Waals surface area contributed by atoms with Gasteiger partial charge in [0, 0.05) is 11.6 Å². The van der Waals surface area contributed by atoms with Crippen LogP contribution in [-0.2, 0) is 11.3 Å². The number of amides is 1. The SMILES string of the molecule is CC(C)CCOc1cnc2c(c1)COC(=O)N2C1CC(C)(O)C1. The standard InChI is InChI=1S/C17H24N2O4/c1-11(2)4-5-22-14-6-12-10-23-16(20)19(15(12)18-9-14)13-7-17(3,21)8-13/h6,9,11,13,21H,4-5,7-8,10H2,1-3H3. The number of hydrogen-bond donors (Lipinski definition) is 1. The van der Waals surface area contributed by atoms with Gasteiger partial charge in [0.05, 0.1) is 18.4 Å². The number of rotatable bonds is 5. The summed E-state index contributed by atoms with van der Waals surface area (Å²) in [7, 11) is 0. The van der Waals surface area contributed by atoms with Gasteiger partial charge in [-0.05, 0) is 38.2 Å². The molecule has 1 saturated carbocycles. The van der Waals surface area contributed by atoms with E-state index in [1.807, 2.05) is 6.07 Å². The highest BCUT2D eigenvalue weighted by Gasteiger charge is 2.46. The van der Waals surface area contributed by atoms with Crippen molar-refractivity contribution in [3.63, 3.8) is 0 Å². The Morgan fingerprint density at radius 3 is 2.91 bits per heavy atom. The van der Waals surface area contributed by atoms with Gasteiger partial charge < -0.3 is 14.6 Å². The van der Waals surface area contributed by atoms with Crippen LogP contribution in [0.2, 0.25) is 0 Å². The number of hydrogen-bond acceptors (Lipinski definition) is 5. The van der Waals surface area contributed by atoms with Gasteiger partial charge in [-0.15, -0.1) is 0 Å². The number of nitrogens with zero attached hydrogens (tertiary/aromatic N) is 2. The molecular weight excluding hydrogens is 296 g/mol. The van der Waals surface area contributed by atoms with E-state index in [1.165, 1.54) is 0 Å². The quantitative estimate of drug-likeness (QED) is 0.903. The van der Waals surface area contributed by atoms with Crippen LogP contribution in [0.25, 0.3) is 0 Å². The van der Waals surface area contributed by atoms with Gasteiger partial charge in [-0.25, -0.2) is 9.78 Å². The maximum atomic E-state index is 12.1. The van der Waals surface area contributed by atoms with Crippen molar-refractivity contribution in [2.75, 3.05) is 11.5 Å². The van der Waals surface area contributed by atoms with E-state index in [-0.39, 0.29) is 18.7 Å². The second kappa shape index (κ2) is 6.00. The molecule has 1 aromatic rings. The summed E-state index contributed by atoms with van der Waals surface area (Å²) < 4.78 is 11.0. The first-order chi connectivity index (χ1) is 10.9. The van der Waals surface area contributed by atoms with Gasteiger partial charge >= 0.3 is 6.09 Å². The van der Waals surface area contributed by atoms with E-state index >= 15 is 0 Å². The van der Waals surface area contributed by atoms with Crippen molar-refractivity contribution < 1.29 is 19.4 Å². The molecule has 6 nitrogen and oxygen atoms in total. The van der Waals surface area contributed by atoms with Gasteiger partial charge in [0.2, 0.25) is 0 Å². The molecule has 126 valence electrons. The van der Waals surface area contributed by atoms with E-state index in [2.05, 4.69) is 18.8 Å². The Kier molecular flexibility index (Phi) is 4.19. The summed E-state index contributed by atoms with van der Waals surface area (Å²) in [5, 5.41) is 9.92. The Hall–Kier alpha value is -1.82. The molecule has 0 atom stereocenters. The molecule has 1 aromatic heterocycles. The molecule has 0 radical (unpaired) electrons. The highest BCUT2D eigenvalue weighted by Crippen LogP contribution is 2.40. The fraction of sp³-hybridized carbons (Fsp3) is 0.647. The lowest BCUT2D eigenvalue weighted by Gasteiger charge is -2.46. The van der Waals surface area contributed by atoms with Gasteiger partial charge in [-0.3, -0.25) is 4.90 Å². The molecule has 1 fully saturated rings. The van der Waals surface area contributed by atoms with E-state index in [4.69, 9.17) is 9.47 Å². The molecule has 1 aliphatic heterocycles. The fourth-order valence-electron chi connectivity index (χ4n) is 3.05. The molecule has 0 unspecified atom stereocenters. The van der Waals surface area contributed by atoms with E-state index in [0.717, 1.165) is 12.0 Å². The first-order valence-electron chi connectivity index (χ1n) is 8.16. The Labute approximate surface area is 136 Å². The smallest absolute Gasteiger partial charge is 0.416 e. The zero-order valence-electron chi connectivity index (χ0n) is 13.9. The molecule has 0 spiro atoms. The Morgan fingerprint density at radius 2 is 2.26 bits per heavy atom. The van der Waals surface area contributed by atoms with Crippen LogP contribution < -0.4 is 9.64 Å². The van der Waals surface area contributed by atoms with Crippen LogP contribution >= 0.6 is 0 Å². The Bertz CT molecular complexity index is 592. The molecule has 6 heteroatoms. The largest absolute Gasteiger partial charge is 0.492 e. The lowest BCUT2D eigenvalue weighted by molar-refractivity contribution is -0.0315. The van der Waals surface area contributed by atoms with Gasteiger partial charge in [-0.2, -0.15) is 0 Å². The summed E-state index contributed by atoms with van der Waals surface area (Å²) in [5.41, 5.74) is 0.140. The van der Waals surface area contributed by atoms with E-state index in [0.29, 0.717) is 36.9 Å². The maximum absolute atomic E-state index is 12.1. The van der Waals surface area contributed by atoms with Crippen LogP contribution in [0.5, 0.6) is 5.75 Å². The molecule has 2 heterocycles. The molecule has 0 saturated heterocycles. The summed E-state index contributed by atoms with van der Waals surface area (Å²) >= 11 is 0. The molecule has 0 aromatic carbocycles. The number of carbonyl (C=O) groups excluding carboxylic acids is 1. The van der Waals surface area contributed by atoms with E-state index < -0.39 is 5.60 Å². The van der Waals surface area contributed by atoms with Crippen LogP contribution in [0.15, 0.2) is 12.3 Å². The van der Waals surface area contributed by atoms with Crippen molar-refractivity contribution in [3.8, 4) is 5.75 Å². The third-order valence-corrected chi connectivity index (χ3v) is 4.37. The molecular formula is C17H24N2O4. The van der Waals surface area contributed by atoms with E-state index in [1.54, 1.807) is 18.0 Å². The number of aromatic nitrogens is 1. The van der Waals surface area contributed by atoms with Crippen molar-refractivity contribution in [1.82, 2.24) is 4.98 Å². The zero-order chi connectivity index (χ0) is 16.6. The van der Waals surface area contributed by atoms with Crippen LogP contribution in [0.3, 0.4) is 0 Å². The zero-order valence-corrected chi connectivity index (χ0v) is 13.9. The number of ether oxygens (including phenoxy) is 2. The monoisotopic (exact) mass is 320 g/mol. The summed E-state index contributed by atoms with van der Waals surface area (Å²) in [4.78, 5) is 18.1. The third-order valence-electron chi connectivity index (χ3n) is 4.37. The van der Waals surface area contributed by atoms with Crippen LogP contribution in [0.4, 0.5) is 10.6 Å². The van der Waals surface area contributed by atoms with Gasteiger partial charge in [0.1, 0.15) is 18.2 Å². The number of cyclic esters (lactones) is 1. The van der Waals surface area contributed by atoms with Crippen LogP contribution in [0.1, 0.15) is 45.6 Å². The average molecular weight is 320 g/mol. The van der Waals surface area contributed by atoms with Crippen molar-refractivity contribution >= 4 is 11.9 Å². The van der Waals surface area contributed by atoms with Crippen molar-refractivity contribution in [2.24, 2.45) is 5.92 Å². The first-order valence-corrected chi connectivity index (χ1v) is 8.16. The molecule has 2 aliphatic rings. The highest BCUT2D eigenvalue weighted by molar-refractivity contribution is 5.90. The van der Waals surface area contributed by atoms with Gasteiger partial charge in [-0.1, -0.05) is 13.8 Å². The summed E-state index contributed by atoms with van der Waals surface area (Å²) in [6.45, 7) is 6.94.